The van der Waals surface area contributed by atoms with Crippen LogP contribution in [-0.2, 0) is 14.3 Å². The third-order valence-electron chi connectivity index (χ3n) is 6.24. The number of hydrogen-bond acceptors (Lipinski definition) is 5. The Labute approximate surface area is 192 Å². The Morgan fingerprint density at radius 3 is 2.15 bits per heavy atom. The highest BCUT2D eigenvalue weighted by molar-refractivity contribution is 5.85. The number of nitrogens with one attached hydrogen (secondary N) is 2. The molecule has 2 aliphatic carbocycles. The molecule has 2 aliphatic rings. The van der Waals surface area contributed by atoms with Crippen LogP contribution in [0.2, 0.25) is 0 Å². The second-order valence-corrected chi connectivity index (χ2v) is 9.13. The van der Waals surface area contributed by atoms with Gasteiger partial charge in [0.15, 0.2) is 0 Å². The van der Waals surface area contributed by atoms with E-state index in [1.54, 1.807) is 19.0 Å². The molecule has 8 nitrogen and oxygen atoms in total. The summed E-state index contributed by atoms with van der Waals surface area (Å²) in [5.74, 6) is -1.53. The van der Waals surface area contributed by atoms with Crippen molar-refractivity contribution in [2.45, 2.75) is 36.8 Å². The van der Waals surface area contributed by atoms with E-state index in [2.05, 4.69) is 34.9 Å². The SMILES string of the molecule is CN(C)C[C@H](NC(=O)CC1(NC(=O)OCC2c3ccccc3-c3ccccc32)CC1)C(=O)O. The summed E-state index contributed by atoms with van der Waals surface area (Å²) in [7, 11) is 3.48. The minimum atomic E-state index is -1.09. The second-order valence-electron chi connectivity index (χ2n) is 9.13. The van der Waals surface area contributed by atoms with Crippen molar-refractivity contribution in [1.29, 1.82) is 0 Å². The van der Waals surface area contributed by atoms with Crippen LogP contribution >= 0.6 is 0 Å². The first-order valence-electron chi connectivity index (χ1n) is 11.1. The van der Waals surface area contributed by atoms with E-state index in [9.17, 15) is 19.5 Å². The third-order valence-corrected chi connectivity index (χ3v) is 6.24. The van der Waals surface area contributed by atoms with Crippen LogP contribution in [0.15, 0.2) is 48.5 Å². The van der Waals surface area contributed by atoms with Gasteiger partial charge in [-0.2, -0.15) is 0 Å². The van der Waals surface area contributed by atoms with Crippen LogP contribution in [0.4, 0.5) is 4.79 Å². The Hall–Kier alpha value is -3.39. The van der Waals surface area contributed by atoms with Crippen LogP contribution in [0.5, 0.6) is 0 Å². The van der Waals surface area contributed by atoms with Crippen LogP contribution in [0.25, 0.3) is 11.1 Å². The number of hydrogen-bond donors (Lipinski definition) is 3. The first-order valence-corrected chi connectivity index (χ1v) is 11.1. The predicted molar refractivity (Wildman–Crippen MR) is 123 cm³/mol. The molecule has 0 aromatic heterocycles. The van der Waals surface area contributed by atoms with Gasteiger partial charge in [-0.1, -0.05) is 48.5 Å². The van der Waals surface area contributed by atoms with E-state index in [0.717, 1.165) is 22.3 Å². The molecule has 3 N–H and O–H groups in total. The number of carbonyl (C=O) groups excluding carboxylic acids is 2. The minimum Gasteiger partial charge on any atom is -0.480 e. The van der Waals surface area contributed by atoms with Gasteiger partial charge in [-0.25, -0.2) is 9.59 Å². The molecular formula is C25H29N3O5. The topological polar surface area (TPSA) is 108 Å². The molecule has 4 rings (SSSR count). The highest BCUT2D eigenvalue weighted by Crippen LogP contribution is 2.44. The largest absolute Gasteiger partial charge is 0.480 e. The highest BCUT2D eigenvalue weighted by Gasteiger charge is 2.46. The van der Waals surface area contributed by atoms with E-state index in [1.165, 1.54) is 0 Å². The van der Waals surface area contributed by atoms with Crippen molar-refractivity contribution in [2.75, 3.05) is 27.2 Å². The molecule has 1 saturated carbocycles. The van der Waals surface area contributed by atoms with Crippen molar-refractivity contribution in [2.24, 2.45) is 0 Å². The molecule has 0 unspecified atom stereocenters. The molecule has 0 saturated heterocycles. The number of amides is 2. The number of ether oxygens (including phenoxy) is 1. The number of carboxylic acids is 1. The second kappa shape index (κ2) is 9.23. The number of benzene rings is 2. The van der Waals surface area contributed by atoms with Gasteiger partial charge in [0, 0.05) is 18.9 Å². The Kier molecular flexibility index (Phi) is 6.37. The summed E-state index contributed by atoms with van der Waals surface area (Å²) in [5.41, 5.74) is 3.90. The standard InChI is InChI=1S/C25H29N3O5/c1-28(2)14-21(23(30)31)26-22(29)13-25(11-12-25)27-24(32)33-15-20-18-9-5-3-7-16(18)17-8-4-6-10-19(17)20/h3-10,20-21H,11-15H2,1-2H3,(H,26,29)(H,27,32)(H,30,31)/t21-/m0/s1. The summed E-state index contributed by atoms with van der Waals surface area (Å²) in [5, 5.41) is 14.7. The Bertz CT molecular complexity index is 1020. The molecule has 0 spiro atoms. The molecule has 0 heterocycles. The molecule has 0 bridgehead atoms. The van der Waals surface area contributed by atoms with Crippen LogP contribution in [-0.4, -0.2) is 66.8 Å². The van der Waals surface area contributed by atoms with E-state index in [1.807, 2.05) is 24.3 Å². The first kappa shape index (κ1) is 22.8. The lowest BCUT2D eigenvalue weighted by Crippen LogP contribution is -2.49. The predicted octanol–water partition coefficient (Wildman–Crippen LogP) is 2.58. The van der Waals surface area contributed by atoms with E-state index < -0.39 is 29.6 Å². The van der Waals surface area contributed by atoms with E-state index in [4.69, 9.17) is 4.74 Å². The van der Waals surface area contributed by atoms with Crippen molar-refractivity contribution < 1.29 is 24.2 Å². The number of carbonyl (C=O) groups is 3. The number of aliphatic carboxylic acids is 1. The van der Waals surface area contributed by atoms with Gasteiger partial charge in [0.1, 0.15) is 12.6 Å². The minimum absolute atomic E-state index is 0.0222. The van der Waals surface area contributed by atoms with Crippen molar-refractivity contribution in [3.05, 3.63) is 59.7 Å². The maximum Gasteiger partial charge on any atom is 0.407 e. The fourth-order valence-corrected chi connectivity index (χ4v) is 4.45. The summed E-state index contributed by atoms with van der Waals surface area (Å²) >= 11 is 0. The van der Waals surface area contributed by atoms with Gasteiger partial charge in [0.2, 0.25) is 5.91 Å². The first-order chi connectivity index (χ1) is 15.8. The van der Waals surface area contributed by atoms with Crippen molar-refractivity contribution in [1.82, 2.24) is 15.5 Å². The number of likely N-dealkylation sites (N-methyl/N-ethyl adjacent to an activating group) is 1. The Morgan fingerprint density at radius 1 is 1.06 bits per heavy atom. The lowest BCUT2D eigenvalue weighted by molar-refractivity contribution is -0.142. The Morgan fingerprint density at radius 2 is 1.64 bits per heavy atom. The molecule has 2 aromatic rings. The van der Waals surface area contributed by atoms with Crippen LogP contribution in [0.3, 0.4) is 0 Å². The molecule has 2 amide bonds. The molecule has 33 heavy (non-hydrogen) atoms. The van der Waals surface area contributed by atoms with Gasteiger partial charge in [0.05, 0.1) is 5.54 Å². The lowest BCUT2D eigenvalue weighted by atomic mass is 9.98. The summed E-state index contributed by atoms with van der Waals surface area (Å²) in [6.45, 7) is 0.389. The fraction of sp³-hybridized carbons (Fsp3) is 0.400. The molecular weight excluding hydrogens is 422 g/mol. The summed E-state index contributed by atoms with van der Waals surface area (Å²) in [6, 6.07) is 15.2. The fourth-order valence-electron chi connectivity index (χ4n) is 4.45. The van der Waals surface area contributed by atoms with Crippen molar-refractivity contribution in [3.8, 4) is 11.1 Å². The highest BCUT2D eigenvalue weighted by atomic mass is 16.5. The third kappa shape index (κ3) is 5.17. The van der Waals surface area contributed by atoms with Gasteiger partial charge in [-0.15, -0.1) is 0 Å². The molecule has 2 aromatic carbocycles. The maximum atomic E-state index is 12.6. The maximum absolute atomic E-state index is 12.6. The number of rotatable bonds is 9. The molecule has 1 atom stereocenters. The van der Waals surface area contributed by atoms with Gasteiger partial charge in [-0.3, -0.25) is 4.79 Å². The molecule has 0 aliphatic heterocycles. The zero-order valence-electron chi connectivity index (χ0n) is 18.8. The zero-order chi connectivity index (χ0) is 23.6. The quantitative estimate of drug-likeness (QED) is 0.541. The van der Waals surface area contributed by atoms with Crippen molar-refractivity contribution in [3.63, 3.8) is 0 Å². The zero-order valence-corrected chi connectivity index (χ0v) is 18.8. The normalized spacial score (nSPS) is 16.5. The van der Waals surface area contributed by atoms with Gasteiger partial charge < -0.3 is 25.4 Å². The lowest BCUT2D eigenvalue weighted by Gasteiger charge is -2.22. The van der Waals surface area contributed by atoms with E-state index in [-0.39, 0.29) is 25.5 Å². The average Bonchev–Trinajstić information content (AvgIpc) is 3.43. The summed E-state index contributed by atoms with van der Waals surface area (Å²) in [6.07, 6.45) is 0.755. The number of fused-ring (bicyclic) bond motifs is 3. The smallest absolute Gasteiger partial charge is 0.407 e. The van der Waals surface area contributed by atoms with Crippen LogP contribution in [0, 0.1) is 0 Å². The molecule has 1 fully saturated rings. The summed E-state index contributed by atoms with van der Waals surface area (Å²) in [4.78, 5) is 38.1. The van der Waals surface area contributed by atoms with Crippen LogP contribution < -0.4 is 10.6 Å². The molecule has 174 valence electrons. The van der Waals surface area contributed by atoms with Gasteiger partial charge in [0.25, 0.3) is 0 Å². The summed E-state index contributed by atoms with van der Waals surface area (Å²) < 4.78 is 5.59. The van der Waals surface area contributed by atoms with E-state index >= 15 is 0 Å². The monoisotopic (exact) mass is 451 g/mol. The number of alkyl carbamates (subject to hydrolysis) is 1. The van der Waals surface area contributed by atoms with Gasteiger partial charge >= 0.3 is 12.1 Å². The Balaban J connectivity index is 1.33. The number of carboxylic acid groups (broad SMARTS) is 1. The van der Waals surface area contributed by atoms with E-state index in [0.29, 0.717) is 12.8 Å². The van der Waals surface area contributed by atoms with Crippen molar-refractivity contribution >= 4 is 18.0 Å². The average molecular weight is 452 g/mol. The van der Waals surface area contributed by atoms with Crippen LogP contribution in [0.1, 0.15) is 36.3 Å². The molecule has 8 heteroatoms. The number of nitrogens with zero attached hydrogens (tertiary/aromatic N) is 1. The van der Waals surface area contributed by atoms with Gasteiger partial charge in [-0.05, 0) is 49.2 Å². The molecule has 0 radical (unpaired) electrons.